The minimum atomic E-state index is 0.990. The van der Waals surface area contributed by atoms with Crippen LogP contribution < -0.4 is 0 Å². The highest BCUT2D eigenvalue weighted by Gasteiger charge is 2.22. The first-order chi connectivity index (χ1) is 4.47. The monoisotopic (exact) mass is 140 g/mol. The van der Waals surface area contributed by atoms with E-state index in [9.17, 15) is 0 Å². The molecule has 0 amide bonds. The summed E-state index contributed by atoms with van der Waals surface area (Å²) in [5.41, 5.74) is 0. The molecule has 1 saturated carbocycles. The van der Waals surface area contributed by atoms with Crippen LogP contribution in [0.4, 0.5) is 0 Å². The predicted molar refractivity (Wildman–Crippen MR) is 42.2 cm³/mol. The Morgan fingerprint density at radius 1 is 1.22 bits per heavy atom. The zero-order valence-corrected chi connectivity index (χ0v) is 6.41. The molecule has 1 aliphatic heterocycles. The minimum absolute atomic E-state index is 0.990. The Morgan fingerprint density at radius 3 is 2.44 bits per heavy atom. The zero-order chi connectivity index (χ0) is 6.10. The molecular formula is C8H12S. The molecule has 0 atom stereocenters. The third-order valence-corrected chi connectivity index (χ3v) is 3.10. The molecule has 0 radical (unpaired) electrons. The first-order valence-corrected chi connectivity index (χ1v) is 4.71. The quantitative estimate of drug-likeness (QED) is 0.539. The van der Waals surface area contributed by atoms with Crippen molar-refractivity contribution in [1.29, 1.82) is 0 Å². The average molecular weight is 140 g/mol. The predicted octanol–water partition coefficient (Wildman–Crippen LogP) is 3.15. The molecule has 1 heteroatoms. The molecule has 2 rings (SSSR count). The Labute approximate surface area is 60.7 Å². The first kappa shape index (κ1) is 5.84. The topological polar surface area (TPSA) is 0 Å². The standard InChI is InChI=1S/C8H12S/c1-2-4-7(5-3-1)8-6-9-8/h6-7H,1-5H2. The third kappa shape index (κ3) is 1.32. The van der Waals surface area contributed by atoms with E-state index in [4.69, 9.17) is 0 Å². The van der Waals surface area contributed by atoms with Crippen molar-refractivity contribution in [2.75, 3.05) is 0 Å². The number of hydrogen-bond acceptors (Lipinski definition) is 1. The lowest BCUT2D eigenvalue weighted by Gasteiger charge is -2.17. The summed E-state index contributed by atoms with van der Waals surface area (Å²) in [6.45, 7) is 0. The van der Waals surface area contributed by atoms with Crippen molar-refractivity contribution in [1.82, 2.24) is 0 Å². The van der Waals surface area contributed by atoms with Gasteiger partial charge in [-0.25, -0.2) is 0 Å². The number of hydrogen-bond donors (Lipinski definition) is 0. The van der Waals surface area contributed by atoms with Crippen LogP contribution in [-0.2, 0) is 0 Å². The van der Waals surface area contributed by atoms with Crippen molar-refractivity contribution >= 4 is 11.8 Å². The van der Waals surface area contributed by atoms with E-state index in [1.54, 1.807) is 4.91 Å². The van der Waals surface area contributed by atoms with Gasteiger partial charge in [0.05, 0.1) is 0 Å². The molecule has 1 fully saturated rings. The zero-order valence-electron chi connectivity index (χ0n) is 5.60. The second kappa shape index (κ2) is 2.37. The van der Waals surface area contributed by atoms with Gasteiger partial charge in [0.15, 0.2) is 0 Å². The molecule has 1 heterocycles. The van der Waals surface area contributed by atoms with Crippen LogP contribution in [0.3, 0.4) is 0 Å². The van der Waals surface area contributed by atoms with Crippen molar-refractivity contribution < 1.29 is 0 Å². The number of thioether (sulfide) groups is 1. The summed E-state index contributed by atoms with van der Waals surface area (Å²) in [5.74, 6) is 0.990. The van der Waals surface area contributed by atoms with Crippen molar-refractivity contribution in [3.63, 3.8) is 0 Å². The molecular weight excluding hydrogens is 128 g/mol. The Bertz CT molecular complexity index is 132. The van der Waals surface area contributed by atoms with E-state index in [0.717, 1.165) is 5.92 Å². The molecule has 1 aliphatic carbocycles. The Kier molecular flexibility index (Phi) is 1.54. The van der Waals surface area contributed by atoms with E-state index in [1.807, 2.05) is 11.8 Å². The fraction of sp³-hybridized carbons (Fsp3) is 0.750. The normalized spacial score (nSPS) is 27.8. The molecule has 0 aromatic heterocycles. The number of rotatable bonds is 1. The van der Waals surface area contributed by atoms with Gasteiger partial charge in [-0.2, -0.15) is 0 Å². The maximum Gasteiger partial charge on any atom is -0.00107 e. The van der Waals surface area contributed by atoms with Crippen LogP contribution in [0.15, 0.2) is 10.3 Å². The van der Waals surface area contributed by atoms with Gasteiger partial charge in [-0.15, -0.1) is 11.8 Å². The van der Waals surface area contributed by atoms with E-state index in [2.05, 4.69) is 5.41 Å². The Hall–Kier alpha value is 0.0900. The van der Waals surface area contributed by atoms with Gasteiger partial charge in [0.25, 0.3) is 0 Å². The van der Waals surface area contributed by atoms with E-state index < -0.39 is 0 Å². The van der Waals surface area contributed by atoms with Crippen molar-refractivity contribution in [2.45, 2.75) is 32.1 Å². The molecule has 0 unspecified atom stereocenters. The molecule has 0 spiro atoms. The Balaban J connectivity index is 1.87. The van der Waals surface area contributed by atoms with E-state index in [-0.39, 0.29) is 0 Å². The fourth-order valence-electron chi connectivity index (χ4n) is 1.61. The molecule has 0 aromatic carbocycles. The van der Waals surface area contributed by atoms with Gasteiger partial charge in [-0.1, -0.05) is 19.3 Å². The highest BCUT2D eigenvalue weighted by molar-refractivity contribution is 8.12. The summed E-state index contributed by atoms with van der Waals surface area (Å²) in [5, 5.41) is 2.32. The van der Waals surface area contributed by atoms with Gasteiger partial charge in [0.2, 0.25) is 0 Å². The van der Waals surface area contributed by atoms with Crippen LogP contribution in [0.25, 0.3) is 0 Å². The second-order valence-electron chi connectivity index (χ2n) is 2.97. The lowest BCUT2D eigenvalue weighted by Crippen LogP contribution is -2.03. The smallest absolute Gasteiger partial charge is 0.00107 e. The van der Waals surface area contributed by atoms with E-state index in [1.165, 1.54) is 32.1 Å². The van der Waals surface area contributed by atoms with E-state index >= 15 is 0 Å². The van der Waals surface area contributed by atoms with Gasteiger partial charge in [-0.3, -0.25) is 0 Å². The van der Waals surface area contributed by atoms with Gasteiger partial charge in [0, 0.05) is 0 Å². The van der Waals surface area contributed by atoms with Crippen molar-refractivity contribution in [2.24, 2.45) is 5.92 Å². The molecule has 50 valence electrons. The molecule has 0 aromatic rings. The van der Waals surface area contributed by atoms with Crippen molar-refractivity contribution in [3.8, 4) is 0 Å². The van der Waals surface area contributed by atoms with Gasteiger partial charge in [-0.05, 0) is 29.1 Å². The summed E-state index contributed by atoms with van der Waals surface area (Å²) in [6.07, 6.45) is 7.37. The van der Waals surface area contributed by atoms with Gasteiger partial charge >= 0.3 is 0 Å². The highest BCUT2D eigenvalue weighted by Crippen LogP contribution is 2.46. The summed E-state index contributed by atoms with van der Waals surface area (Å²) in [7, 11) is 0. The maximum atomic E-state index is 2.32. The lowest BCUT2D eigenvalue weighted by atomic mass is 9.89. The van der Waals surface area contributed by atoms with Crippen LogP contribution >= 0.6 is 11.8 Å². The SMILES string of the molecule is C1=C(C2CCCCC2)S1. The average Bonchev–Trinajstić information content (AvgIpc) is 2.71. The third-order valence-electron chi connectivity index (χ3n) is 2.26. The van der Waals surface area contributed by atoms with Crippen LogP contribution in [0.1, 0.15) is 32.1 Å². The lowest BCUT2D eigenvalue weighted by molar-refractivity contribution is 0.417. The van der Waals surface area contributed by atoms with Crippen LogP contribution in [-0.4, -0.2) is 0 Å². The van der Waals surface area contributed by atoms with Crippen molar-refractivity contribution in [3.05, 3.63) is 10.3 Å². The van der Waals surface area contributed by atoms with Crippen LogP contribution in [0, 0.1) is 5.92 Å². The molecule has 0 bridgehead atoms. The van der Waals surface area contributed by atoms with E-state index in [0.29, 0.717) is 0 Å². The summed E-state index contributed by atoms with van der Waals surface area (Å²) in [6, 6.07) is 0. The largest absolute Gasteiger partial charge is 0.101 e. The van der Waals surface area contributed by atoms with Gasteiger partial charge < -0.3 is 0 Å². The first-order valence-electron chi connectivity index (χ1n) is 3.83. The number of allylic oxidation sites excluding steroid dienone is 1. The maximum absolute atomic E-state index is 2.32. The van der Waals surface area contributed by atoms with Gasteiger partial charge in [0.1, 0.15) is 0 Å². The fourth-order valence-corrected chi connectivity index (χ4v) is 2.30. The highest BCUT2D eigenvalue weighted by atomic mass is 32.2. The summed E-state index contributed by atoms with van der Waals surface area (Å²) < 4.78 is 0. The Morgan fingerprint density at radius 2 is 1.89 bits per heavy atom. The molecule has 0 saturated heterocycles. The van der Waals surface area contributed by atoms with Crippen LogP contribution in [0.2, 0.25) is 0 Å². The molecule has 2 aliphatic rings. The molecule has 0 nitrogen and oxygen atoms in total. The summed E-state index contributed by atoms with van der Waals surface area (Å²) in [4.78, 5) is 1.69. The molecule has 0 N–H and O–H groups in total. The second-order valence-corrected chi connectivity index (χ2v) is 3.92. The minimum Gasteiger partial charge on any atom is -0.101 e. The molecule has 9 heavy (non-hydrogen) atoms. The van der Waals surface area contributed by atoms with Crippen LogP contribution in [0.5, 0.6) is 0 Å². The summed E-state index contributed by atoms with van der Waals surface area (Å²) >= 11 is 1.97.